The summed E-state index contributed by atoms with van der Waals surface area (Å²) in [5.41, 5.74) is 1.91. The molecule has 0 saturated carbocycles. The van der Waals surface area contributed by atoms with Gasteiger partial charge in [0.25, 0.3) is 0 Å². The Kier molecular flexibility index (Phi) is 5.63. The number of benzene rings is 2. The van der Waals surface area contributed by atoms with Gasteiger partial charge in [-0.15, -0.1) is 0 Å². The number of rotatable bonds is 7. The van der Waals surface area contributed by atoms with E-state index in [9.17, 15) is 8.42 Å². The third-order valence-corrected chi connectivity index (χ3v) is 5.11. The highest BCUT2D eigenvalue weighted by Crippen LogP contribution is 2.21. The van der Waals surface area contributed by atoms with E-state index in [0.29, 0.717) is 18.7 Å². The van der Waals surface area contributed by atoms with E-state index < -0.39 is 10.1 Å². The summed E-state index contributed by atoms with van der Waals surface area (Å²) < 4.78 is 35.0. The van der Waals surface area contributed by atoms with E-state index in [4.69, 9.17) is 8.92 Å². The third-order valence-electron chi connectivity index (χ3n) is 3.85. The van der Waals surface area contributed by atoms with Gasteiger partial charge in [-0.25, -0.2) is 0 Å². The van der Waals surface area contributed by atoms with E-state index in [-0.39, 0.29) is 4.90 Å². The lowest BCUT2D eigenvalue weighted by Gasteiger charge is -2.16. The second kappa shape index (κ2) is 8.10. The molecule has 0 aromatic heterocycles. The highest BCUT2D eigenvalue weighted by Gasteiger charge is 2.18. The van der Waals surface area contributed by atoms with Gasteiger partial charge in [-0.1, -0.05) is 30.3 Å². The summed E-state index contributed by atoms with van der Waals surface area (Å²) in [5.74, 6) is 1.12. The van der Waals surface area contributed by atoms with E-state index in [1.807, 2.05) is 30.7 Å². The van der Waals surface area contributed by atoms with Crippen LogP contribution in [0.1, 0.15) is 12.0 Å². The molecule has 5 nitrogen and oxygen atoms in total. The minimum absolute atomic E-state index is 0.136. The van der Waals surface area contributed by atoms with Crippen LogP contribution in [0, 0.1) is 6.42 Å². The Hall–Kier alpha value is -2.73. The van der Waals surface area contributed by atoms with Crippen LogP contribution in [0.4, 0.5) is 0 Å². The molecule has 3 rings (SSSR count). The maximum absolute atomic E-state index is 12.3. The Morgan fingerprint density at radius 1 is 1.04 bits per heavy atom. The average molecular weight is 370 g/mol. The zero-order valence-corrected chi connectivity index (χ0v) is 15.2. The minimum Gasteiger partial charge on any atom is -0.497 e. The van der Waals surface area contributed by atoms with Crippen LogP contribution in [-0.2, 0) is 20.8 Å². The standard InChI is InChI=1S/C20H20NO4S/c1-24-18-12-10-16(11-13-18)15-21-17-6-5-7-19(14-17)25-26(22,23)20-8-3-2-4-9-20/h2-4,6-14,21H,5,15H2,1H3. The molecule has 0 spiro atoms. The fourth-order valence-corrected chi connectivity index (χ4v) is 3.42. The number of hydrogen-bond donors (Lipinski definition) is 1. The Balaban J connectivity index is 1.63. The van der Waals surface area contributed by atoms with E-state index in [1.165, 1.54) is 12.1 Å². The summed E-state index contributed by atoms with van der Waals surface area (Å²) in [6, 6.07) is 15.9. The Morgan fingerprint density at radius 3 is 2.46 bits per heavy atom. The lowest BCUT2D eigenvalue weighted by atomic mass is 10.1. The first-order valence-electron chi connectivity index (χ1n) is 8.18. The van der Waals surface area contributed by atoms with Gasteiger partial charge < -0.3 is 14.2 Å². The average Bonchev–Trinajstić information content (AvgIpc) is 2.67. The molecule has 6 heteroatoms. The van der Waals surface area contributed by atoms with Crippen molar-refractivity contribution in [3.05, 3.63) is 90.2 Å². The molecule has 2 aromatic rings. The summed E-state index contributed by atoms with van der Waals surface area (Å²) in [6.45, 7) is 0.616. The first-order valence-corrected chi connectivity index (χ1v) is 9.59. The molecule has 135 valence electrons. The van der Waals surface area contributed by atoms with E-state index in [2.05, 4.69) is 5.32 Å². The molecule has 1 N–H and O–H groups in total. The molecular formula is C20H20NO4S. The zero-order valence-electron chi connectivity index (χ0n) is 14.4. The molecule has 0 atom stereocenters. The Labute approximate surface area is 154 Å². The maximum atomic E-state index is 12.3. The smallest absolute Gasteiger partial charge is 0.339 e. The van der Waals surface area contributed by atoms with Gasteiger partial charge in [0.05, 0.1) is 7.11 Å². The lowest BCUT2D eigenvalue weighted by molar-refractivity contribution is 0.414. The molecule has 1 aliphatic rings. The number of hydrogen-bond acceptors (Lipinski definition) is 5. The van der Waals surface area contributed by atoms with Crippen LogP contribution in [0.25, 0.3) is 0 Å². The predicted molar refractivity (Wildman–Crippen MR) is 99.6 cm³/mol. The zero-order chi connectivity index (χ0) is 18.4. The molecule has 26 heavy (non-hydrogen) atoms. The molecule has 0 heterocycles. The van der Waals surface area contributed by atoms with Crippen LogP contribution in [0.3, 0.4) is 0 Å². The Morgan fingerprint density at radius 2 is 1.77 bits per heavy atom. The van der Waals surface area contributed by atoms with E-state index >= 15 is 0 Å². The number of ether oxygens (including phenoxy) is 1. The van der Waals surface area contributed by atoms with Gasteiger partial charge in [0.2, 0.25) is 0 Å². The second-order valence-corrected chi connectivity index (χ2v) is 7.24. The summed E-state index contributed by atoms with van der Waals surface area (Å²) in [4.78, 5) is 0.136. The summed E-state index contributed by atoms with van der Waals surface area (Å²) in [5, 5.41) is 3.28. The first-order chi connectivity index (χ1) is 12.6. The normalized spacial score (nSPS) is 14.2. The molecule has 1 aliphatic carbocycles. The van der Waals surface area contributed by atoms with Crippen molar-refractivity contribution in [2.45, 2.75) is 17.9 Å². The van der Waals surface area contributed by atoms with Crippen molar-refractivity contribution >= 4 is 10.1 Å². The van der Waals surface area contributed by atoms with Crippen LogP contribution >= 0.6 is 0 Å². The summed E-state index contributed by atoms with van der Waals surface area (Å²) in [7, 11) is -2.20. The second-order valence-electron chi connectivity index (χ2n) is 5.70. The predicted octanol–water partition coefficient (Wildman–Crippen LogP) is 3.57. The molecule has 0 amide bonds. The van der Waals surface area contributed by atoms with Crippen molar-refractivity contribution in [3.63, 3.8) is 0 Å². The van der Waals surface area contributed by atoms with E-state index in [1.54, 1.807) is 37.5 Å². The SMILES string of the molecule is COc1ccc(CNC2=CC(OS(=O)(=O)c3ccccc3)=CC[CH]2)cc1. The molecule has 0 unspecified atom stereocenters. The van der Waals surface area contributed by atoms with Gasteiger partial charge in [0.1, 0.15) is 16.4 Å². The van der Waals surface area contributed by atoms with Gasteiger partial charge >= 0.3 is 10.1 Å². The summed E-state index contributed by atoms with van der Waals surface area (Å²) in [6.07, 6.45) is 6.00. The lowest BCUT2D eigenvalue weighted by Crippen LogP contribution is -2.16. The van der Waals surface area contributed by atoms with Crippen molar-refractivity contribution in [3.8, 4) is 5.75 Å². The van der Waals surface area contributed by atoms with Crippen molar-refractivity contribution < 1.29 is 17.3 Å². The quantitative estimate of drug-likeness (QED) is 0.755. The van der Waals surface area contributed by atoms with E-state index in [0.717, 1.165) is 17.0 Å². The van der Waals surface area contributed by atoms with Crippen molar-refractivity contribution in [1.29, 1.82) is 0 Å². The topological polar surface area (TPSA) is 64.6 Å². The molecule has 0 fully saturated rings. The van der Waals surface area contributed by atoms with Gasteiger partial charge in [-0.2, -0.15) is 8.42 Å². The van der Waals surface area contributed by atoms with Crippen LogP contribution in [0.15, 0.2) is 83.1 Å². The monoisotopic (exact) mass is 370 g/mol. The van der Waals surface area contributed by atoms with Crippen LogP contribution < -0.4 is 10.1 Å². The van der Waals surface area contributed by atoms with Crippen LogP contribution in [0.2, 0.25) is 0 Å². The summed E-state index contributed by atoms with van der Waals surface area (Å²) >= 11 is 0. The molecule has 0 saturated heterocycles. The largest absolute Gasteiger partial charge is 0.497 e. The van der Waals surface area contributed by atoms with Crippen molar-refractivity contribution in [1.82, 2.24) is 5.32 Å². The van der Waals surface area contributed by atoms with Gasteiger partial charge in [-0.05, 0) is 42.3 Å². The minimum atomic E-state index is -3.83. The van der Waals surface area contributed by atoms with Crippen molar-refractivity contribution in [2.75, 3.05) is 7.11 Å². The molecule has 0 aliphatic heterocycles. The molecule has 1 radical (unpaired) electrons. The van der Waals surface area contributed by atoms with Crippen LogP contribution in [-0.4, -0.2) is 15.5 Å². The fourth-order valence-electron chi connectivity index (χ4n) is 2.46. The maximum Gasteiger partial charge on any atom is 0.339 e. The highest BCUT2D eigenvalue weighted by atomic mass is 32.2. The fraction of sp³-hybridized carbons (Fsp3) is 0.150. The molecular weight excluding hydrogens is 350 g/mol. The van der Waals surface area contributed by atoms with Crippen molar-refractivity contribution in [2.24, 2.45) is 0 Å². The van der Waals surface area contributed by atoms with Gasteiger partial charge in [0, 0.05) is 24.7 Å². The Bertz CT molecular complexity index is 901. The number of allylic oxidation sites excluding steroid dienone is 3. The molecule has 0 bridgehead atoms. The van der Waals surface area contributed by atoms with Crippen LogP contribution in [0.5, 0.6) is 5.75 Å². The molecule has 2 aromatic carbocycles. The number of nitrogens with one attached hydrogen (secondary N) is 1. The highest BCUT2D eigenvalue weighted by molar-refractivity contribution is 7.86. The van der Waals surface area contributed by atoms with Gasteiger partial charge in [-0.3, -0.25) is 0 Å². The van der Waals surface area contributed by atoms with Gasteiger partial charge in [0.15, 0.2) is 0 Å². The number of methoxy groups -OCH3 is 1. The first kappa shape index (κ1) is 18.1. The third kappa shape index (κ3) is 4.67.